The minimum absolute atomic E-state index is 0.112. The average Bonchev–Trinajstić information content (AvgIpc) is 2.27. The van der Waals surface area contributed by atoms with Crippen molar-refractivity contribution in [3.05, 3.63) is 27.3 Å². The Morgan fingerprint density at radius 1 is 1.53 bits per heavy atom. The number of phenols is 1. The van der Waals surface area contributed by atoms with Gasteiger partial charge in [0.15, 0.2) is 0 Å². The lowest BCUT2D eigenvalue weighted by atomic mass is 10.2. The Hall–Kier alpha value is -0.890. The number of phenolic OH excluding ortho intramolecular Hbond substituents is 1. The van der Waals surface area contributed by atoms with Gasteiger partial charge in [-0.1, -0.05) is 12.2 Å². The molecule has 1 aromatic carbocycles. The van der Waals surface area contributed by atoms with Crippen molar-refractivity contribution < 1.29 is 9.90 Å². The van der Waals surface area contributed by atoms with Crippen molar-refractivity contribution in [1.82, 2.24) is 5.32 Å². The van der Waals surface area contributed by atoms with Crippen LogP contribution in [0.15, 0.2) is 18.2 Å². The lowest BCUT2D eigenvalue weighted by Crippen LogP contribution is -2.25. The van der Waals surface area contributed by atoms with E-state index in [9.17, 15) is 9.90 Å². The first-order valence-electron chi connectivity index (χ1n) is 5.05. The first-order valence-corrected chi connectivity index (χ1v) is 6.54. The van der Waals surface area contributed by atoms with Crippen LogP contribution in [-0.4, -0.2) is 22.5 Å². The van der Waals surface area contributed by atoms with Gasteiger partial charge in [0.25, 0.3) is 5.91 Å². The second-order valence-electron chi connectivity index (χ2n) is 3.49. The number of hydrogen-bond acceptors (Lipinski definition) is 3. The summed E-state index contributed by atoms with van der Waals surface area (Å²) in [4.78, 5) is 12.1. The van der Waals surface area contributed by atoms with Crippen molar-refractivity contribution in [2.75, 3.05) is 6.54 Å². The number of amides is 1. The first-order chi connectivity index (χ1) is 8.00. The van der Waals surface area contributed by atoms with Crippen LogP contribution in [0, 0.1) is 3.57 Å². The molecule has 0 aliphatic carbocycles. The van der Waals surface area contributed by atoms with Gasteiger partial charge < -0.3 is 16.2 Å². The highest BCUT2D eigenvalue weighted by atomic mass is 127. The number of thiocarbonyl (C=S) groups is 1. The Kier molecular flexibility index (Phi) is 5.63. The maximum atomic E-state index is 11.7. The zero-order valence-corrected chi connectivity index (χ0v) is 12.0. The molecule has 17 heavy (non-hydrogen) atoms. The standard InChI is InChI=1S/C11H13IN2O2S/c12-8-4-3-7(6-9(8)15)11(16)14-5-1-2-10(13)17/h3-4,6,15H,1-2,5H2,(H2,13,17)(H,14,16). The van der Waals surface area contributed by atoms with E-state index in [1.165, 1.54) is 6.07 Å². The number of hydrogen-bond donors (Lipinski definition) is 3. The minimum atomic E-state index is -0.209. The molecule has 6 heteroatoms. The summed E-state index contributed by atoms with van der Waals surface area (Å²) in [5.74, 6) is -0.0963. The molecule has 0 spiro atoms. The van der Waals surface area contributed by atoms with E-state index in [0.29, 0.717) is 27.1 Å². The number of halogens is 1. The zero-order valence-electron chi connectivity index (χ0n) is 9.07. The van der Waals surface area contributed by atoms with Gasteiger partial charge in [-0.15, -0.1) is 0 Å². The van der Waals surface area contributed by atoms with Crippen LogP contribution in [0.3, 0.4) is 0 Å². The fourth-order valence-corrected chi connectivity index (χ4v) is 1.70. The Bertz CT molecular complexity index is 437. The number of carbonyl (C=O) groups is 1. The van der Waals surface area contributed by atoms with Crippen molar-refractivity contribution in [2.45, 2.75) is 12.8 Å². The number of aromatic hydroxyl groups is 1. The smallest absolute Gasteiger partial charge is 0.251 e. The monoisotopic (exact) mass is 364 g/mol. The normalized spacial score (nSPS) is 9.94. The Morgan fingerprint density at radius 3 is 2.82 bits per heavy atom. The van der Waals surface area contributed by atoms with Gasteiger partial charge in [-0.3, -0.25) is 4.79 Å². The third kappa shape index (κ3) is 4.86. The zero-order chi connectivity index (χ0) is 12.8. The quantitative estimate of drug-likeness (QED) is 0.423. The third-order valence-corrected chi connectivity index (χ3v) is 3.21. The number of nitrogens with one attached hydrogen (secondary N) is 1. The SMILES string of the molecule is NC(=S)CCCNC(=O)c1ccc(I)c(O)c1. The fourth-order valence-electron chi connectivity index (χ4n) is 1.22. The van der Waals surface area contributed by atoms with Crippen LogP contribution in [0.4, 0.5) is 0 Å². The van der Waals surface area contributed by atoms with E-state index >= 15 is 0 Å². The van der Waals surface area contributed by atoms with Crippen LogP contribution >= 0.6 is 34.8 Å². The fraction of sp³-hybridized carbons (Fsp3) is 0.273. The van der Waals surface area contributed by atoms with Gasteiger partial charge >= 0.3 is 0 Å². The van der Waals surface area contributed by atoms with Gasteiger partial charge in [0.1, 0.15) is 5.75 Å². The second kappa shape index (κ2) is 6.75. The van der Waals surface area contributed by atoms with E-state index in [1.54, 1.807) is 12.1 Å². The summed E-state index contributed by atoms with van der Waals surface area (Å²) >= 11 is 6.73. The molecule has 0 fully saturated rings. The van der Waals surface area contributed by atoms with Crippen LogP contribution in [0.5, 0.6) is 5.75 Å². The number of carbonyl (C=O) groups excluding carboxylic acids is 1. The van der Waals surface area contributed by atoms with Gasteiger partial charge in [0.05, 0.1) is 8.56 Å². The molecule has 0 unspecified atom stereocenters. The van der Waals surface area contributed by atoms with Crippen molar-refractivity contribution in [1.29, 1.82) is 0 Å². The number of nitrogens with two attached hydrogens (primary N) is 1. The highest BCUT2D eigenvalue weighted by Gasteiger charge is 2.07. The Balaban J connectivity index is 2.47. The molecule has 1 amide bonds. The molecule has 0 aromatic heterocycles. The molecule has 0 bridgehead atoms. The van der Waals surface area contributed by atoms with Crippen molar-refractivity contribution in [3.63, 3.8) is 0 Å². The number of benzene rings is 1. The van der Waals surface area contributed by atoms with Crippen molar-refractivity contribution in [3.8, 4) is 5.75 Å². The van der Waals surface area contributed by atoms with Crippen LogP contribution < -0.4 is 11.1 Å². The van der Waals surface area contributed by atoms with Gasteiger partial charge in [0, 0.05) is 12.1 Å². The maximum absolute atomic E-state index is 11.7. The second-order valence-corrected chi connectivity index (χ2v) is 5.18. The molecule has 0 aliphatic heterocycles. The lowest BCUT2D eigenvalue weighted by molar-refractivity contribution is 0.0953. The van der Waals surface area contributed by atoms with E-state index in [1.807, 2.05) is 22.6 Å². The van der Waals surface area contributed by atoms with Crippen LogP contribution in [0.1, 0.15) is 23.2 Å². The summed E-state index contributed by atoms with van der Waals surface area (Å²) in [6.45, 7) is 0.517. The molecule has 0 radical (unpaired) electrons. The van der Waals surface area contributed by atoms with E-state index in [0.717, 1.165) is 6.42 Å². The molecule has 0 aliphatic rings. The highest BCUT2D eigenvalue weighted by molar-refractivity contribution is 14.1. The van der Waals surface area contributed by atoms with Crippen molar-refractivity contribution >= 4 is 45.7 Å². The predicted molar refractivity (Wildman–Crippen MR) is 79.2 cm³/mol. The van der Waals surface area contributed by atoms with Gasteiger partial charge in [0.2, 0.25) is 0 Å². The minimum Gasteiger partial charge on any atom is -0.507 e. The predicted octanol–water partition coefficient (Wildman–Crippen LogP) is 1.79. The highest BCUT2D eigenvalue weighted by Crippen LogP contribution is 2.20. The average molecular weight is 364 g/mol. The van der Waals surface area contributed by atoms with Gasteiger partial charge in [-0.2, -0.15) is 0 Å². The summed E-state index contributed by atoms with van der Waals surface area (Å²) in [6.07, 6.45) is 1.34. The summed E-state index contributed by atoms with van der Waals surface area (Å²) in [7, 11) is 0. The molecule has 4 N–H and O–H groups in total. The molecule has 92 valence electrons. The summed E-state index contributed by atoms with van der Waals surface area (Å²) in [6, 6.07) is 4.81. The summed E-state index contributed by atoms with van der Waals surface area (Å²) in [5.41, 5.74) is 5.78. The Morgan fingerprint density at radius 2 is 2.24 bits per heavy atom. The largest absolute Gasteiger partial charge is 0.507 e. The molecular formula is C11H13IN2O2S. The summed E-state index contributed by atoms with van der Waals surface area (Å²) in [5, 5.41) is 12.2. The van der Waals surface area contributed by atoms with E-state index in [2.05, 4.69) is 5.32 Å². The van der Waals surface area contributed by atoms with Crippen LogP contribution in [-0.2, 0) is 0 Å². The Labute approximate surface area is 119 Å². The van der Waals surface area contributed by atoms with Gasteiger partial charge in [-0.25, -0.2) is 0 Å². The van der Waals surface area contributed by atoms with Crippen molar-refractivity contribution in [2.24, 2.45) is 5.73 Å². The third-order valence-electron chi connectivity index (χ3n) is 2.09. The molecule has 4 nitrogen and oxygen atoms in total. The molecule has 1 aromatic rings. The summed E-state index contributed by atoms with van der Waals surface area (Å²) < 4.78 is 0.715. The van der Waals surface area contributed by atoms with Crippen LogP contribution in [0.2, 0.25) is 0 Å². The van der Waals surface area contributed by atoms with E-state index in [-0.39, 0.29) is 11.7 Å². The van der Waals surface area contributed by atoms with Crippen LogP contribution in [0.25, 0.3) is 0 Å². The number of rotatable bonds is 5. The first kappa shape index (κ1) is 14.2. The molecule has 0 saturated carbocycles. The van der Waals surface area contributed by atoms with E-state index < -0.39 is 0 Å². The molecule has 0 atom stereocenters. The van der Waals surface area contributed by atoms with Gasteiger partial charge in [-0.05, 0) is 53.6 Å². The maximum Gasteiger partial charge on any atom is 0.251 e. The topological polar surface area (TPSA) is 75.3 Å². The lowest BCUT2D eigenvalue weighted by Gasteiger charge is -2.05. The van der Waals surface area contributed by atoms with E-state index in [4.69, 9.17) is 18.0 Å². The molecule has 1 rings (SSSR count). The molecular weight excluding hydrogens is 351 g/mol. The molecule has 0 saturated heterocycles. The molecule has 0 heterocycles.